The van der Waals surface area contributed by atoms with Crippen molar-refractivity contribution in [2.75, 3.05) is 0 Å². The molecule has 0 aliphatic carbocycles. The summed E-state index contributed by atoms with van der Waals surface area (Å²) in [4.78, 5) is 21.7. The number of hydrogen-bond acceptors (Lipinski definition) is 5. The number of halogens is 3. The molecule has 0 heterocycles. The Morgan fingerprint density at radius 3 is 2.16 bits per heavy atom. The first-order valence-electron chi connectivity index (χ1n) is 9.32. The SMILES string of the molecule is O=C(OOc1ccccc1)C(Cc1ccccc1)NS(=O)(=O)c1cccc(C(F)(F)F)c1. The van der Waals surface area contributed by atoms with Gasteiger partial charge in [0.2, 0.25) is 10.0 Å². The van der Waals surface area contributed by atoms with Gasteiger partial charge in [-0.3, -0.25) is 4.89 Å². The third-order valence-electron chi connectivity index (χ3n) is 4.30. The zero-order valence-electron chi connectivity index (χ0n) is 16.5. The molecular weight excluding hydrogens is 447 g/mol. The smallest absolute Gasteiger partial charge is 0.287 e. The molecular formula is C22H18F3NO5S. The lowest BCUT2D eigenvalue weighted by Gasteiger charge is -2.17. The molecule has 0 aromatic heterocycles. The molecule has 0 fully saturated rings. The fraction of sp³-hybridized carbons (Fsp3) is 0.136. The summed E-state index contributed by atoms with van der Waals surface area (Å²) in [6.45, 7) is 0. The highest BCUT2D eigenvalue weighted by Crippen LogP contribution is 2.30. The number of carbonyl (C=O) groups is 1. The van der Waals surface area contributed by atoms with Crippen molar-refractivity contribution >= 4 is 16.0 Å². The van der Waals surface area contributed by atoms with Gasteiger partial charge in [0, 0.05) is 0 Å². The van der Waals surface area contributed by atoms with Gasteiger partial charge in [0.05, 0.1) is 10.5 Å². The van der Waals surface area contributed by atoms with Crippen molar-refractivity contribution in [1.29, 1.82) is 0 Å². The zero-order valence-corrected chi connectivity index (χ0v) is 17.3. The summed E-state index contributed by atoms with van der Waals surface area (Å²) in [5, 5.41) is 0. The maximum atomic E-state index is 13.0. The van der Waals surface area contributed by atoms with Crippen molar-refractivity contribution in [3.63, 3.8) is 0 Å². The van der Waals surface area contributed by atoms with E-state index >= 15 is 0 Å². The van der Waals surface area contributed by atoms with Crippen LogP contribution in [0.25, 0.3) is 0 Å². The van der Waals surface area contributed by atoms with Gasteiger partial charge in [0.1, 0.15) is 6.04 Å². The Kier molecular flexibility index (Phi) is 7.16. The second kappa shape index (κ2) is 9.84. The van der Waals surface area contributed by atoms with Crippen molar-refractivity contribution in [2.24, 2.45) is 0 Å². The number of benzene rings is 3. The number of carbonyl (C=O) groups excluding carboxylic acids is 1. The van der Waals surface area contributed by atoms with E-state index in [1.165, 1.54) is 12.1 Å². The Morgan fingerprint density at radius 1 is 0.906 bits per heavy atom. The summed E-state index contributed by atoms with van der Waals surface area (Å²) in [7, 11) is -4.50. The maximum absolute atomic E-state index is 13.0. The van der Waals surface area contributed by atoms with E-state index in [1.54, 1.807) is 48.5 Å². The lowest BCUT2D eigenvalue weighted by Crippen LogP contribution is -2.43. The molecule has 32 heavy (non-hydrogen) atoms. The lowest BCUT2D eigenvalue weighted by atomic mass is 10.1. The van der Waals surface area contributed by atoms with Gasteiger partial charge < -0.3 is 0 Å². The lowest BCUT2D eigenvalue weighted by molar-refractivity contribution is -0.215. The first-order valence-corrected chi connectivity index (χ1v) is 10.8. The number of nitrogens with one attached hydrogen (secondary N) is 1. The molecule has 3 aromatic rings. The fourth-order valence-corrected chi connectivity index (χ4v) is 3.97. The standard InChI is InChI=1S/C22H18F3NO5S/c23-22(24,25)17-10-7-13-19(15-17)32(28,29)26-20(14-16-8-3-1-4-9-16)21(27)31-30-18-11-5-2-6-12-18/h1-13,15,20,26H,14H2. The van der Waals surface area contributed by atoms with Crippen molar-refractivity contribution in [3.05, 3.63) is 96.1 Å². The van der Waals surface area contributed by atoms with Gasteiger partial charge in [-0.1, -0.05) is 54.6 Å². The average Bonchev–Trinajstić information content (AvgIpc) is 2.78. The first-order chi connectivity index (χ1) is 15.1. The van der Waals surface area contributed by atoms with E-state index < -0.39 is 38.7 Å². The Hall–Kier alpha value is -3.37. The van der Waals surface area contributed by atoms with Crippen LogP contribution < -0.4 is 9.61 Å². The number of sulfonamides is 1. The summed E-state index contributed by atoms with van der Waals surface area (Å²) in [6.07, 6.45) is -4.84. The van der Waals surface area contributed by atoms with Crippen LogP contribution in [0.3, 0.4) is 0 Å². The minimum Gasteiger partial charge on any atom is -0.287 e. The monoisotopic (exact) mass is 465 g/mol. The predicted molar refractivity (Wildman–Crippen MR) is 109 cm³/mol. The van der Waals surface area contributed by atoms with E-state index in [9.17, 15) is 26.4 Å². The summed E-state index contributed by atoms with van der Waals surface area (Å²) >= 11 is 0. The second-order valence-corrected chi connectivity index (χ2v) is 8.40. The van der Waals surface area contributed by atoms with Crippen LogP contribution in [-0.2, 0) is 32.3 Å². The van der Waals surface area contributed by atoms with Crippen molar-refractivity contribution in [3.8, 4) is 5.75 Å². The molecule has 0 amide bonds. The van der Waals surface area contributed by atoms with Crippen LogP contribution in [0.2, 0.25) is 0 Å². The molecule has 6 nitrogen and oxygen atoms in total. The van der Waals surface area contributed by atoms with Crippen LogP contribution in [-0.4, -0.2) is 20.4 Å². The van der Waals surface area contributed by atoms with E-state index in [0.717, 1.165) is 18.2 Å². The number of para-hydroxylation sites is 1. The number of alkyl halides is 3. The highest BCUT2D eigenvalue weighted by Gasteiger charge is 2.33. The van der Waals surface area contributed by atoms with Gasteiger partial charge in [-0.05, 0) is 42.3 Å². The van der Waals surface area contributed by atoms with Gasteiger partial charge >= 0.3 is 12.1 Å². The quantitative estimate of drug-likeness (QED) is 0.400. The van der Waals surface area contributed by atoms with Crippen LogP contribution in [0.1, 0.15) is 11.1 Å². The molecule has 0 bridgehead atoms. The Labute approximate surface area is 182 Å². The Balaban J connectivity index is 1.83. The molecule has 3 rings (SSSR count). The molecule has 168 valence electrons. The van der Waals surface area contributed by atoms with E-state index in [0.29, 0.717) is 11.6 Å². The van der Waals surface area contributed by atoms with Gasteiger partial charge in [-0.15, -0.1) is 0 Å². The van der Waals surface area contributed by atoms with E-state index in [4.69, 9.17) is 9.78 Å². The van der Waals surface area contributed by atoms with Crippen molar-refractivity contribution < 1.29 is 36.2 Å². The van der Waals surface area contributed by atoms with Gasteiger partial charge in [-0.2, -0.15) is 17.9 Å². The molecule has 1 unspecified atom stereocenters. The number of hydrogen-bond donors (Lipinski definition) is 1. The molecule has 0 saturated carbocycles. The minimum absolute atomic E-state index is 0.115. The molecule has 0 saturated heterocycles. The van der Waals surface area contributed by atoms with E-state index in [1.807, 2.05) is 0 Å². The van der Waals surface area contributed by atoms with Gasteiger partial charge in [0.25, 0.3) is 0 Å². The Bertz CT molecular complexity index is 1150. The van der Waals surface area contributed by atoms with E-state index in [2.05, 4.69) is 4.72 Å². The molecule has 10 heteroatoms. The topological polar surface area (TPSA) is 81.7 Å². The predicted octanol–water partition coefficient (Wildman–Crippen LogP) is 4.13. The fourth-order valence-electron chi connectivity index (χ4n) is 2.74. The summed E-state index contributed by atoms with van der Waals surface area (Å²) in [5.41, 5.74) is -0.532. The normalized spacial score (nSPS) is 12.7. The van der Waals surface area contributed by atoms with Crippen LogP contribution in [0.4, 0.5) is 13.2 Å². The van der Waals surface area contributed by atoms with Crippen LogP contribution in [0.15, 0.2) is 89.8 Å². The largest absolute Gasteiger partial charge is 0.416 e. The highest BCUT2D eigenvalue weighted by atomic mass is 32.2. The zero-order chi connectivity index (χ0) is 23.2. The molecule has 0 aliphatic rings. The molecule has 0 aliphatic heterocycles. The van der Waals surface area contributed by atoms with E-state index in [-0.39, 0.29) is 12.2 Å². The molecule has 1 N–H and O–H groups in total. The Morgan fingerprint density at radius 2 is 1.53 bits per heavy atom. The molecule has 3 aromatic carbocycles. The molecule has 0 spiro atoms. The van der Waals surface area contributed by atoms with Crippen LogP contribution in [0, 0.1) is 0 Å². The molecule has 1 atom stereocenters. The maximum Gasteiger partial charge on any atom is 0.416 e. The summed E-state index contributed by atoms with van der Waals surface area (Å²) in [6, 6.07) is 18.3. The third-order valence-corrected chi connectivity index (χ3v) is 5.77. The van der Waals surface area contributed by atoms with Gasteiger partial charge in [0.15, 0.2) is 5.75 Å². The van der Waals surface area contributed by atoms with Crippen molar-refractivity contribution in [1.82, 2.24) is 4.72 Å². The summed E-state index contributed by atoms with van der Waals surface area (Å²) < 4.78 is 66.6. The van der Waals surface area contributed by atoms with Gasteiger partial charge in [-0.25, -0.2) is 18.1 Å². The average molecular weight is 465 g/mol. The van der Waals surface area contributed by atoms with Crippen molar-refractivity contribution in [2.45, 2.75) is 23.5 Å². The molecule has 0 radical (unpaired) electrons. The number of rotatable bonds is 8. The minimum atomic E-state index is -4.72. The summed E-state index contributed by atoms with van der Waals surface area (Å²) in [5.74, 6) is -0.853. The van der Waals surface area contributed by atoms with Crippen LogP contribution in [0.5, 0.6) is 5.75 Å². The van der Waals surface area contributed by atoms with Crippen LogP contribution >= 0.6 is 0 Å². The first kappa shape index (κ1) is 23.3. The third kappa shape index (κ3) is 6.32. The highest BCUT2D eigenvalue weighted by molar-refractivity contribution is 7.89. The second-order valence-electron chi connectivity index (χ2n) is 6.69.